The summed E-state index contributed by atoms with van der Waals surface area (Å²) in [6, 6.07) is 7.93. The number of carbonyl (C=O) groups excluding carboxylic acids is 2. The van der Waals surface area contributed by atoms with E-state index in [9.17, 15) is 14.7 Å². The minimum atomic E-state index is -0.762. The highest BCUT2D eigenvalue weighted by Crippen LogP contribution is 2.26. The van der Waals surface area contributed by atoms with Gasteiger partial charge in [-0.25, -0.2) is 4.79 Å². The highest BCUT2D eigenvalue weighted by molar-refractivity contribution is 7.18. The van der Waals surface area contributed by atoms with Crippen molar-refractivity contribution in [3.8, 4) is 5.75 Å². The molecule has 0 saturated heterocycles. The number of esters is 1. The summed E-state index contributed by atoms with van der Waals surface area (Å²) in [5.74, 6) is -0.649. The van der Waals surface area contributed by atoms with Crippen LogP contribution < -0.4 is 15.4 Å². The van der Waals surface area contributed by atoms with Gasteiger partial charge in [-0.15, -0.1) is 11.3 Å². The number of hydrogen-bond acceptors (Lipinski definition) is 7. The Morgan fingerprint density at radius 1 is 1.23 bits per heavy atom. The van der Waals surface area contributed by atoms with Crippen LogP contribution >= 0.6 is 22.9 Å². The zero-order valence-corrected chi connectivity index (χ0v) is 19.0. The fraction of sp³-hybridized carbons (Fsp3) is 0.429. The molecule has 0 aliphatic rings. The molecule has 1 aromatic carbocycles. The van der Waals surface area contributed by atoms with Crippen LogP contribution in [0.4, 0.5) is 5.69 Å². The molecule has 1 heterocycles. The minimum absolute atomic E-state index is 0.00507. The third-order valence-electron chi connectivity index (χ3n) is 3.83. The van der Waals surface area contributed by atoms with Gasteiger partial charge in [-0.2, -0.15) is 0 Å². The molecule has 0 spiro atoms. The van der Waals surface area contributed by atoms with Crippen LogP contribution in [0.1, 0.15) is 47.7 Å². The smallest absolute Gasteiger partial charge is 0.341 e. The zero-order valence-electron chi connectivity index (χ0n) is 17.5. The van der Waals surface area contributed by atoms with Crippen molar-refractivity contribution in [1.29, 1.82) is 0 Å². The molecule has 0 saturated carbocycles. The SMILES string of the molecule is CCOC(=O)c1cc(NC(=O)c2ccc(Cl)s2)ccc1OCC(O)CNC(C)(C)C. The monoisotopic (exact) mass is 454 g/mol. The number of hydrogen-bond donors (Lipinski definition) is 3. The van der Waals surface area contributed by atoms with Crippen LogP contribution in [0.25, 0.3) is 0 Å². The number of halogens is 1. The molecule has 1 amide bonds. The average Bonchev–Trinajstić information content (AvgIpc) is 3.11. The Labute approximate surface area is 185 Å². The second-order valence-electron chi connectivity index (χ2n) is 7.59. The highest BCUT2D eigenvalue weighted by Gasteiger charge is 2.18. The summed E-state index contributed by atoms with van der Waals surface area (Å²) in [4.78, 5) is 25.2. The third-order valence-corrected chi connectivity index (χ3v) is 5.06. The van der Waals surface area contributed by atoms with Crippen LogP contribution in [0.5, 0.6) is 5.75 Å². The molecule has 2 aromatic rings. The lowest BCUT2D eigenvalue weighted by Gasteiger charge is -2.23. The lowest BCUT2D eigenvalue weighted by molar-refractivity contribution is 0.0515. The number of β-amino-alcohol motifs (C(OH)–C–C–N with tert-alkyl or cyclic N) is 1. The maximum atomic E-state index is 12.4. The van der Waals surface area contributed by atoms with Crippen molar-refractivity contribution in [3.63, 3.8) is 0 Å². The topological polar surface area (TPSA) is 96.9 Å². The van der Waals surface area contributed by atoms with Crippen molar-refractivity contribution in [2.45, 2.75) is 39.3 Å². The van der Waals surface area contributed by atoms with Crippen molar-refractivity contribution in [2.24, 2.45) is 0 Å². The highest BCUT2D eigenvalue weighted by atomic mass is 35.5. The number of carbonyl (C=O) groups is 2. The van der Waals surface area contributed by atoms with Crippen molar-refractivity contribution in [3.05, 3.63) is 45.1 Å². The van der Waals surface area contributed by atoms with Gasteiger partial charge in [-0.05, 0) is 58.0 Å². The van der Waals surface area contributed by atoms with E-state index in [-0.39, 0.29) is 36.0 Å². The van der Waals surface area contributed by atoms with Crippen molar-refractivity contribution < 1.29 is 24.2 Å². The number of ether oxygens (including phenoxy) is 2. The average molecular weight is 455 g/mol. The van der Waals surface area contributed by atoms with Gasteiger partial charge in [0.2, 0.25) is 0 Å². The lowest BCUT2D eigenvalue weighted by atomic mass is 10.1. The number of aliphatic hydroxyl groups excluding tert-OH is 1. The number of rotatable bonds is 9. The largest absolute Gasteiger partial charge is 0.490 e. The molecular weight excluding hydrogens is 428 g/mol. The molecule has 1 unspecified atom stereocenters. The normalized spacial score (nSPS) is 12.3. The van der Waals surface area contributed by atoms with E-state index in [0.717, 1.165) is 11.3 Å². The summed E-state index contributed by atoms with van der Waals surface area (Å²) in [5, 5.41) is 16.1. The summed E-state index contributed by atoms with van der Waals surface area (Å²) in [6.07, 6.45) is -0.762. The standard InChI is InChI=1S/C21H27ClN2O5S/c1-5-28-20(27)15-10-13(24-19(26)17-8-9-18(22)30-17)6-7-16(15)29-12-14(25)11-23-21(2,3)4/h6-10,14,23,25H,5,11-12H2,1-4H3,(H,24,26). The summed E-state index contributed by atoms with van der Waals surface area (Å²) in [7, 11) is 0. The Morgan fingerprint density at radius 3 is 2.57 bits per heavy atom. The number of benzene rings is 1. The van der Waals surface area contributed by atoms with Gasteiger partial charge in [0.15, 0.2) is 0 Å². The van der Waals surface area contributed by atoms with E-state index >= 15 is 0 Å². The van der Waals surface area contributed by atoms with E-state index in [0.29, 0.717) is 21.4 Å². The fourth-order valence-corrected chi connectivity index (χ4v) is 3.34. The van der Waals surface area contributed by atoms with E-state index < -0.39 is 12.1 Å². The number of thiophene rings is 1. The molecule has 1 atom stereocenters. The maximum absolute atomic E-state index is 12.4. The van der Waals surface area contributed by atoms with Crippen LogP contribution in [-0.2, 0) is 4.74 Å². The molecule has 0 fully saturated rings. The number of nitrogens with one attached hydrogen (secondary N) is 2. The Morgan fingerprint density at radius 2 is 1.97 bits per heavy atom. The van der Waals surface area contributed by atoms with Crippen LogP contribution in [0.15, 0.2) is 30.3 Å². The Kier molecular flexibility index (Phi) is 8.66. The van der Waals surface area contributed by atoms with Crippen LogP contribution in [-0.4, -0.2) is 48.4 Å². The van der Waals surface area contributed by atoms with E-state index in [1.165, 1.54) is 6.07 Å². The minimum Gasteiger partial charge on any atom is -0.490 e. The second kappa shape index (κ2) is 10.8. The predicted octanol–water partition coefficient (Wildman–Crippen LogP) is 3.96. The van der Waals surface area contributed by atoms with Gasteiger partial charge in [0.05, 0.1) is 15.8 Å². The van der Waals surface area contributed by atoms with Crippen molar-refractivity contribution in [2.75, 3.05) is 25.1 Å². The quantitative estimate of drug-likeness (QED) is 0.496. The van der Waals surface area contributed by atoms with Crippen molar-refractivity contribution >= 4 is 40.5 Å². The Balaban J connectivity index is 2.11. The van der Waals surface area contributed by atoms with Crippen LogP contribution in [0.3, 0.4) is 0 Å². The molecule has 0 aliphatic heterocycles. The zero-order chi connectivity index (χ0) is 22.3. The first-order valence-corrected chi connectivity index (χ1v) is 10.7. The first-order valence-electron chi connectivity index (χ1n) is 9.53. The summed E-state index contributed by atoms with van der Waals surface area (Å²) in [5.41, 5.74) is 0.439. The first-order chi connectivity index (χ1) is 14.1. The molecule has 3 N–H and O–H groups in total. The summed E-state index contributed by atoms with van der Waals surface area (Å²) >= 11 is 7.03. The van der Waals surface area contributed by atoms with Crippen LogP contribution in [0, 0.1) is 0 Å². The summed E-state index contributed by atoms with van der Waals surface area (Å²) in [6.45, 7) is 8.22. The molecule has 9 heteroatoms. The van der Waals surface area contributed by atoms with Gasteiger partial charge in [0.25, 0.3) is 5.91 Å². The van der Waals surface area contributed by atoms with Gasteiger partial charge in [0, 0.05) is 17.8 Å². The molecule has 7 nitrogen and oxygen atoms in total. The predicted molar refractivity (Wildman–Crippen MR) is 119 cm³/mol. The summed E-state index contributed by atoms with van der Waals surface area (Å²) < 4.78 is 11.3. The van der Waals surface area contributed by atoms with Gasteiger partial charge in [-0.3, -0.25) is 4.79 Å². The van der Waals surface area contributed by atoms with E-state index in [2.05, 4.69) is 10.6 Å². The number of anilines is 1. The molecule has 0 bridgehead atoms. The molecule has 1 aromatic heterocycles. The molecule has 0 radical (unpaired) electrons. The van der Waals surface area contributed by atoms with Crippen molar-refractivity contribution in [1.82, 2.24) is 5.32 Å². The van der Waals surface area contributed by atoms with E-state index in [1.807, 2.05) is 20.8 Å². The maximum Gasteiger partial charge on any atom is 0.341 e. The Hall–Kier alpha value is -2.13. The number of aliphatic hydroxyl groups is 1. The Bertz CT molecular complexity index is 879. The molecule has 30 heavy (non-hydrogen) atoms. The molecule has 2 rings (SSSR count). The molecular formula is C21H27ClN2O5S. The third kappa shape index (κ3) is 7.60. The molecule has 0 aliphatic carbocycles. The van der Waals surface area contributed by atoms with Gasteiger partial charge < -0.3 is 25.2 Å². The molecule has 164 valence electrons. The van der Waals surface area contributed by atoms with Crippen LogP contribution in [0.2, 0.25) is 4.34 Å². The van der Waals surface area contributed by atoms with E-state index in [1.54, 1.807) is 31.2 Å². The van der Waals surface area contributed by atoms with Gasteiger partial charge >= 0.3 is 5.97 Å². The lowest BCUT2D eigenvalue weighted by Crippen LogP contribution is -2.42. The van der Waals surface area contributed by atoms with E-state index in [4.69, 9.17) is 21.1 Å². The number of amides is 1. The fourth-order valence-electron chi connectivity index (χ4n) is 2.40. The van der Waals surface area contributed by atoms with Gasteiger partial charge in [0.1, 0.15) is 24.0 Å². The van der Waals surface area contributed by atoms with Gasteiger partial charge in [-0.1, -0.05) is 11.6 Å². The second-order valence-corrected chi connectivity index (χ2v) is 9.30. The first kappa shape index (κ1) is 24.1.